The van der Waals surface area contributed by atoms with Gasteiger partial charge in [-0.15, -0.1) is 0 Å². The van der Waals surface area contributed by atoms with Gasteiger partial charge in [-0.25, -0.2) is 0 Å². The van der Waals surface area contributed by atoms with Gasteiger partial charge >= 0.3 is 0 Å². The number of furan rings is 2. The molecule has 2 spiro atoms. The second-order valence-corrected chi connectivity index (χ2v) is 18.5. The summed E-state index contributed by atoms with van der Waals surface area (Å²) < 4.78 is 11.4. The Morgan fingerprint density at radius 3 is 1.48 bits per heavy atom. The molecule has 6 heteroatoms. The summed E-state index contributed by atoms with van der Waals surface area (Å²) in [5.41, 5.74) is 2.51. The first-order valence-electron chi connectivity index (χ1n) is 18.8. The van der Waals surface area contributed by atoms with Gasteiger partial charge < -0.3 is 29.3 Å². The first-order chi connectivity index (χ1) is 22.0. The van der Waals surface area contributed by atoms with Gasteiger partial charge in [0.15, 0.2) is 0 Å². The highest BCUT2D eigenvalue weighted by Crippen LogP contribution is 2.73. The number of aliphatic hydroxyl groups excluding tert-OH is 2. The molecule has 0 saturated heterocycles. The summed E-state index contributed by atoms with van der Waals surface area (Å²) in [5.74, 6) is 5.70. The summed E-state index contributed by atoms with van der Waals surface area (Å²) in [4.78, 5) is 0. The smallest absolute Gasteiger partial charge is 0.107 e. The van der Waals surface area contributed by atoms with Gasteiger partial charge in [0.1, 0.15) is 11.5 Å². The second-order valence-electron chi connectivity index (χ2n) is 18.5. The monoisotopic (exact) mass is 632 g/mol. The number of rotatable bonds is 2. The molecule has 2 aromatic heterocycles. The van der Waals surface area contributed by atoms with Crippen LogP contribution >= 0.6 is 0 Å². The fourth-order valence-corrected chi connectivity index (χ4v) is 15.0. The van der Waals surface area contributed by atoms with E-state index in [0.717, 1.165) is 51.4 Å². The molecular formula is C40H56O6. The highest BCUT2D eigenvalue weighted by Gasteiger charge is 2.67. The highest BCUT2D eigenvalue weighted by atomic mass is 16.3. The normalized spacial score (nSPS) is 51.0. The number of hydrogen-bond acceptors (Lipinski definition) is 6. The van der Waals surface area contributed by atoms with Crippen molar-refractivity contribution in [2.24, 2.45) is 45.3 Å². The van der Waals surface area contributed by atoms with Gasteiger partial charge in [0.05, 0.1) is 36.9 Å². The molecule has 6 saturated carbocycles. The van der Waals surface area contributed by atoms with Crippen molar-refractivity contribution in [1.29, 1.82) is 0 Å². The van der Waals surface area contributed by atoms with Crippen molar-refractivity contribution in [3.63, 3.8) is 0 Å². The van der Waals surface area contributed by atoms with Crippen LogP contribution in [0.4, 0.5) is 0 Å². The molecule has 2 heterocycles. The van der Waals surface area contributed by atoms with Crippen LogP contribution in [0.2, 0.25) is 0 Å². The summed E-state index contributed by atoms with van der Waals surface area (Å²) in [6.45, 7) is 4.90. The lowest BCUT2D eigenvalue weighted by molar-refractivity contribution is -0.0728. The SMILES string of the molecule is C[C@@]12CCc3occc3[C@H]1CC[C@@]13C[C@@H](CC[C@H]12)[C@@](O)(CO)C3.C[C@@]12CCc3occc3[C@H]1CC[C@@]13C[C@@H](CC[C@H]12)[C@@](O)(CO)C3. The minimum Gasteiger partial charge on any atom is -0.469 e. The third kappa shape index (κ3) is 3.91. The first-order valence-corrected chi connectivity index (χ1v) is 18.8. The molecule has 0 radical (unpaired) electrons. The Bertz CT molecular complexity index is 1380. The highest BCUT2D eigenvalue weighted by molar-refractivity contribution is 5.33. The Kier molecular flexibility index (Phi) is 6.61. The number of aliphatic hydroxyl groups is 4. The number of hydrogen-bond donors (Lipinski definition) is 4. The van der Waals surface area contributed by atoms with Crippen LogP contribution in [-0.2, 0) is 12.8 Å². The lowest BCUT2D eigenvalue weighted by Crippen LogP contribution is -2.51. The summed E-state index contributed by atoms with van der Waals surface area (Å²) in [6, 6.07) is 4.42. The lowest BCUT2D eigenvalue weighted by Gasteiger charge is -2.59. The maximum Gasteiger partial charge on any atom is 0.107 e. The van der Waals surface area contributed by atoms with Crippen molar-refractivity contribution in [2.75, 3.05) is 13.2 Å². The van der Waals surface area contributed by atoms with Gasteiger partial charge in [-0.05, 0) is 170 Å². The van der Waals surface area contributed by atoms with Crippen LogP contribution in [0, 0.1) is 45.3 Å². The van der Waals surface area contributed by atoms with Crippen molar-refractivity contribution in [2.45, 2.75) is 140 Å². The Morgan fingerprint density at radius 2 is 1.07 bits per heavy atom. The van der Waals surface area contributed by atoms with Gasteiger partial charge in [0.2, 0.25) is 0 Å². The summed E-state index contributed by atoms with van der Waals surface area (Å²) in [7, 11) is 0. The molecule has 46 heavy (non-hydrogen) atoms. The van der Waals surface area contributed by atoms with Gasteiger partial charge in [0.25, 0.3) is 0 Å². The topological polar surface area (TPSA) is 107 Å². The van der Waals surface area contributed by atoms with Crippen LogP contribution in [0.3, 0.4) is 0 Å². The quantitative estimate of drug-likeness (QED) is 0.277. The van der Waals surface area contributed by atoms with E-state index in [9.17, 15) is 20.4 Å². The average molecular weight is 633 g/mol. The van der Waals surface area contributed by atoms with Crippen molar-refractivity contribution < 1.29 is 29.3 Å². The molecule has 0 amide bonds. The maximum atomic E-state index is 10.9. The molecule has 252 valence electrons. The van der Waals surface area contributed by atoms with Crippen LogP contribution in [0.1, 0.15) is 138 Å². The Balaban J connectivity index is 0.000000127. The van der Waals surface area contributed by atoms with Crippen molar-refractivity contribution >= 4 is 0 Å². The zero-order valence-electron chi connectivity index (χ0n) is 28.1. The average Bonchev–Trinajstić information content (AvgIpc) is 3.81. The number of aryl methyl sites for hydroxylation is 2. The van der Waals surface area contributed by atoms with Crippen LogP contribution in [-0.4, -0.2) is 44.8 Å². The van der Waals surface area contributed by atoms with E-state index < -0.39 is 11.2 Å². The predicted molar refractivity (Wildman–Crippen MR) is 174 cm³/mol. The fraction of sp³-hybridized carbons (Fsp3) is 0.800. The molecule has 2 aromatic rings. The van der Waals surface area contributed by atoms with Crippen molar-refractivity contribution in [1.82, 2.24) is 0 Å². The molecule has 12 atom stereocenters. The van der Waals surface area contributed by atoms with Crippen LogP contribution in [0.25, 0.3) is 0 Å². The molecule has 6 fully saturated rings. The van der Waals surface area contributed by atoms with Crippen LogP contribution < -0.4 is 0 Å². The largest absolute Gasteiger partial charge is 0.469 e. The zero-order valence-corrected chi connectivity index (χ0v) is 28.1. The minimum atomic E-state index is -0.812. The van der Waals surface area contributed by atoms with Gasteiger partial charge in [-0.3, -0.25) is 0 Å². The lowest BCUT2D eigenvalue weighted by atomic mass is 9.45. The van der Waals surface area contributed by atoms with Gasteiger partial charge in [-0.2, -0.15) is 0 Å². The van der Waals surface area contributed by atoms with Gasteiger partial charge in [-0.1, -0.05) is 13.8 Å². The molecule has 8 aliphatic carbocycles. The van der Waals surface area contributed by atoms with E-state index in [1.807, 2.05) is 12.5 Å². The van der Waals surface area contributed by atoms with Gasteiger partial charge in [0, 0.05) is 12.8 Å². The first kappa shape index (κ1) is 30.5. The standard InChI is InChI=1S/2C20H28O3/c2*1-18-7-5-16-14(6-9-23-16)15(18)4-8-19-10-13(2-3-17(18)19)20(22,11-19)12-21/h2*6,9,13,15,17,21-22H,2-5,7-8,10-12H2,1H3/t2*13-,15-,17+,18-,19+,20+/m11/s1. The maximum absolute atomic E-state index is 10.9. The van der Waals surface area contributed by atoms with E-state index in [1.165, 1.54) is 74.0 Å². The minimum absolute atomic E-state index is 0.0574. The zero-order chi connectivity index (χ0) is 31.7. The van der Waals surface area contributed by atoms with Crippen LogP contribution in [0.15, 0.2) is 33.5 Å². The van der Waals surface area contributed by atoms with E-state index >= 15 is 0 Å². The molecule has 0 aliphatic heterocycles. The van der Waals surface area contributed by atoms with Crippen molar-refractivity contribution in [3.8, 4) is 0 Å². The second kappa shape index (κ2) is 9.98. The fourth-order valence-electron chi connectivity index (χ4n) is 15.0. The van der Waals surface area contributed by atoms with E-state index in [4.69, 9.17) is 8.83 Å². The van der Waals surface area contributed by atoms with E-state index in [0.29, 0.717) is 46.3 Å². The summed E-state index contributed by atoms with van der Waals surface area (Å²) in [6.07, 6.45) is 21.7. The molecule has 4 bridgehead atoms. The van der Waals surface area contributed by atoms with E-state index in [-0.39, 0.29) is 24.0 Å². The molecule has 8 aliphatic rings. The molecular weight excluding hydrogens is 576 g/mol. The Hall–Kier alpha value is -1.60. The Morgan fingerprint density at radius 1 is 0.630 bits per heavy atom. The third-order valence-corrected chi connectivity index (χ3v) is 16.9. The summed E-state index contributed by atoms with van der Waals surface area (Å²) in [5, 5.41) is 41.5. The molecule has 10 rings (SSSR count). The molecule has 0 unspecified atom stereocenters. The van der Waals surface area contributed by atoms with E-state index in [1.54, 1.807) is 0 Å². The summed E-state index contributed by atoms with van der Waals surface area (Å²) >= 11 is 0. The van der Waals surface area contributed by atoms with E-state index in [2.05, 4.69) is 26.0 Å². The Labute approximate surface area is 274 Å². The number of fused-ring (bicyclic) bond motifs is 10. The predicted octanol–water partition coefficient (Wildman–Crippen LogP) is 7.28. The molecule has 6 nitrogen and oxygen atoms in total. The van der Waals surface area contributed by atoms with Crippen molar-refractivity contribution in [3.05, 3.63) is 47.3 Å². The third-order valence-electron chi connectivity index (χ3n) is 16.9. The van der Waals surface area contributed by atoms with Crippen LogP contribution in [0.5, 0.6) is 0 Å². The molecule has 4 N–H and O–H groups in total. The molecule has 0 aromatic carbocycles.